The molecule has 6 nitrogen and oxygen atoms in total. The van der Waals surface area contributed by atoms with Gasteiger partial charge in [-0.25, -0.2) is 0 Å². The third-order valence-corrected chi connectivity index (χ3v) is 12.6. The number of hydrogen-bond donors (Lipinski definition) is 3. The summed E-state index contributed by atoms with van der Waals surface area (Å²) < 4.78 is 5.92. The zero-order chi connectivity index (χ0) is 43.8. The Labute approximate surface area is 374 Å². The first-order chi connectivity index (χ1) is 29.5. The Kier molecular flexibility index (Phi) is 47.5. The molecule has 0 radical (unpaired) electrons. The molecule has 0 fully saturated rings. The van der Waals surface area contributed by atoms with Crippen LogP contribution in [0.3, 0.4) is 0 Å². The Hall–Kier alpha value is -1.40. The smallest absolute Gasteiger partial charge is 0.306 e. The number of unbranched alkanes of at least 4 members (excludes halogenated alkanes) is 35. The Balaban J connectivity index is 4.49. The summed E-state index contributed by atoms with van der Waals surface area (Å²) in [6, 6.07) is -0.703. The highest BCUT2D eigenvalue weighted by atomic mass is 16.5. The summed E-state index contributed by atoms with van der Waals surface area (Å²) in [4.78, 5) is 26.1. The summed E-state index contributed by atoms with van der Waals surface area (Å²) in [5.41, 5.74) is 0. The van der Waals surface area contributed by atoms with Gasteiger partial charge in [-0.3, -0.25) is 9.59 Å². The minimum atomic E-state index is -0.788. The molecule has 3 unspecified atom stereocenters. The fraction of sp³-hybridized carbons (Fsp3) is 0.926. The lowest BCUT2D eigenvalue weighted by molar-refractivity contribution is -0.151. The van der Waals surface area contributed by atoms with Crippen molar-refractivity contribution in [2.45, 2.75) is 315 Å². The number of ether oxygens (including phenoxy) is 1. The van der Waals surface area contributed by atoms with Gasteiger partial charge in [0.05, 0.1) is 25.2 Å². The molecule has 0 aliphatic heterocycles. The predicted molar refractivity (Wildman–Crippen MR) is 260 cm³/mol. The molecule has 0 spiro atoms. The van der Waals surface area contributed by atoms with Crippen molar-refractivity contribution in [1.29, 1.82) is 0 Å². The van der Waals surface area contributed by atoms with Gasteiger partial charge in [0.2, 0.25) is 5.91 Å². The number of allylic oxidation sites excluding steroid dienone is 2. The van der Waals surface area contributed by atoms with Crippen molar-refractivity contribution in [2.75, 3.05) is 6.61 Å². The summed E-state index contributed by atoms with van der Waals surface area (Å²) in [6.45, 7) is 6.50. The molecule has 1 amide bonds. The molecule has 0 saturated carbocycles. The maximum Gasteiger partial charge on any atom is 0.306 e. The topological polar surface area (TPSA) is 95.9 Å². The fourth-order valence-corrected chi connectivity index (χ4v) is 8.49. The second kappa shape index (κ2) is 48.6. The molecule has 60 heavy (non-hydrogen) atoms. The maximum absolute atomic E-state index is 13.2. The van der Waals surface area contributed by atoms with Crippen LogP contribution in [0.1, 0.15) is 297 Å². The van der Waals surface area contributed by atoms with Crippen LogP contribution in [0, 0.1) is 0 Å². The average Bonchev–Trinajstić information content (AvgIpc) is 3.24. The number of aliphatic hydroxyl groups excluding tert-OH is 2. The minimum Gasteiger partial charge on any atom is -0.462 e. The highest BCUT2D eigenvalue weighted by Crippen LogP contribution is 2.18. The van der Waals surface area contributed by atoms with E-state index in [2.05, 4.69) is 38.2 Å². The molecule has 3 N–H and O–H groups in total. The van der Waals surface area contributed by atoms with Crippen molar-refractivity contribution in [3.63, 3.8) is 0 Å². The first-order valence-corrected chi connectivity index (χ1v) is 26.9. The largest absolute Gasteiger partial charge is 0.462 e. The van der Waals surface area contributed by atoms with Gasteiger partial charge < -0.3 is 20.3 Å². The highest BCUT2D eigenvalue weighted by molar-refractivity contribution is 5.77. The molecule has 6 heteroatoms. The molecular weight excluding hydrogens is 743 g/mol. The minimum absolute atomic E-state index is 0.0638. The van der Waals surface area contributed by atoms with E-state index in [9.17, 15) is 19.8 Å². The van der Waals surface area contributed by atoms with Crippen LogP contribution in [0.5, 0.6) is 0 Å². The van der Waals surface area contributed by atoms with E-state index in [0.29, 0.717) is 19.3 Å². The van der Waals surface area contributed by atoms with Crippen LogP contribution in [-0.4, -0.2) is 46.9 Å². The third kappa shape index (κ3) is 43.3. The van der Waals surface area contributed by atoms with E-state index in [0.717, 1.165) is 51.4 Å². The molecule has 356 valence electrons. The van der Waals surface area contributed by atoms with Crippen LogP contribution < -0.4 is 5.32 Å². The summed E-state index contributed by atoms with van der Waals surface area (Å²) in [6.07, 6.45) is 54.2. The molecule has 0 aliphatic rings. The number of hydrogen-bond acceptors (Lipinski definition) is 5. The normalized spacial score (nSPS) is 13.2. The van der Waals surface area contributed by atoms with Crippen LogP contribution in [0.25, 0.3) is 0 Å². The molecule has 0 aromatic carbocycles. The lowest BCUT2D eigenvalue weighted by atomic mass is 10.0. The van der Waals surface area contributed by atoms with E-state index in [1.807, 2.05) is 0 Å². The number of amides is 1. The van der Waals surface area contributed by atoms with Crippen LogP contribution in [-0.2, 0) is 14.3 Å². The van der Waals surface area contributed by atoms with E-state index in [4.69, 9.17) is 4.74 Å². The second-order valence-corrected chi connectivity index (χ2v) is 18.6. The van der Waals surface area contributed by atoms with Crippen LogP contribution in [0.15, 0.2) is 12.2 Å². The zero-order valence-electron chi connectivity index (χ0n) is 40.6. The lowest BCUT2D eigenvalue weighted by Crippen LogP contribution is -2.46. The first-order valence-electron chi connectivity index (χ1n) is 26.9. The van der Waals surface area contributed by atoms with E-state index in [1.54, 1.807) is 0 Å². The summed E-state index contributed by atoms with van der Waals surface area (Å²) in [5.74, 6) is -0.485. The summed E-state index contributed by atoms with van der Waals surface area (Å²) >= 11 is 0. The number of carbonyl (C=O) groups excluding carboxylic acids is 2. The molecule has 0 rings (SSSR count). The van der Waals surface area contributed by atoms with Gasteiger partial charge in [0.25, 0.3) is 0 Å². The van der Waals surface area contributed by atoms with Crippen molar-refractivity contribution >= 4 is 11.9 Å². The lowest BCUT2D eigenvalue weighted by Gasteiger charge is -2.24. The van der Waals surface area contributed by atoms with Gasteiger partial charge in [-0.2, -0.15) is 0 Å². The van der Waals surface area contributed by atoms with Gasteiger partial charge in [0.15, 0.2) is 0 Å². The SMILES string of the molecule is CCCCCCCCC/C=C\CCCC(CC(=O)NC(CO)C(O)CCCCCCCCCCCCCCCCCC)OC(=O)CCCCCCCCCCCCCCC. The Bertz CT molecular complexity index is 909. The van der Waals surface area contributed by atoms with Crippen LogP contribution >= 0.6 is 0 Å². The van der Waals surface area contributed by atoms with Crippen molar-refractivity contribution in [2.24, 2.45) is 0 Å². The molecule has 3 atom stereocenters. The standard InChI is InChI=1S/C54H105NO5/c1-4-7-10-13-16-19-22-25-26-27-29-31-34-37-40-43-46-52(57)51(49-56)55-53(58)48-50(45-42-39-36-33-30-24-21-18-15-12-9-6-3)60-54(59)47-44-41-38-35-32-28-23-20-17-14-11-8-5-2/h33,36,50-52,56-57H,4-32,34-35,37-49H2,1-3H3,(H,55,58)/b36-33-. The number of rotatable bonds is 49. The van der Waals surface area contributed by atoms with E-state index in [1.165, 1.54) is 199 Å². The molecule has 0 aromatic rings. The van der Waals surface area contributed by atoms with E-state index in [-0.39, 0.29) is 24.9 Å². The molecule has 0 aromatic heterocycles. The molecular formula is C54H105NO5. The Morgan fingerprint density at radius 1 is 0.467 bits per heavy atom. The van der Waals surface area contributed by atoms with Crippen LogP contribution in [0.4, 0.5) is 0 Å². The first kappa shape index (κ1) is 58.6. The zero-order valence-corrected chi connectivity index (χ0v) is 40.6. The molecule has 0 bridgehead atoms. The van der Waals surface area contributed by atoms with Gasteiger partial charge in [-0.05, 0) is 44.9 Å². The Morgan fingerprint density at radius 2 is 0.817 bits per heavy atom. The number of nitrogens with one attached hydrogen (secondary N) is 1. The summed E-state index contributed by atoms with van der Waals surface area (Å²) in [7, 11) is 0. The van der Waals surface area contributed by atoms with Crippen molar-refractivity contribution < 1.29 is 24.5 Å². The number of esters is 1. The maximum atomic E-state index is 13.2. The second-order valence-electron chi connectivity index (χ2n) is 18.6. The summed E-state index contributed by atoms with van der Waals surface area (Å²) in [5, 5.41) is 23.8. The van der Waals surface area contributed by atoms with E-state index >= 15 is 0 Å². The molecule has 0 saturated heterocycles. The van der Waals surface area contributed by atoms with E-state index < -0.39 is 18.2 Å². The van der Waals surface area contributed by atoms with Gasteiger partial charge in [0.1, 0.15) is 6.10 Å². The Morgan fingerprint density at radius 3 is 1.22 bits per heavy atom. The van der Waals surface area contributed by atoms with Gasteiger partial charge >= 0.3 is 5.97 Å². The molecule has 0 aliphatic carbocycles. The number of aliphatic hydroxyl groups is 2. The van der Waals surface area contributed by atoms with Crippen LogP contribution in [0.2, 0.25) is 0 Å². The molecule has 0 heterocycles. The third-order valence-electron chi connectivity index (χ3n) is 12.6. The average molecular weight is 848 g/mol. The monoisotopic (exact) mass is 848 g/mol. The predicted octanol–water partition coefficient (Wildman–Crippen LogP) is 16.1. The van der Waals surface area contributed by atoms with Crippen molar-refractivity contribution in [1.82, 2.24) is 5.32 Å². The fourth-order valence-electron chi connectivity index (χ4n) is 8.49. The highest BCUT2D eigenvalue weighted by Gasteiger charge is 2.24. The number of carbonyl (C=O) groups is 2. The van der Waals surface area contributed by atoms with Crippen molar-refractivity contribution in [3.8, 4) is 0 Å². The quantitative estimate of drug-likeness (QED) is 0.0322. The van der Waals surface area contributed by atoms with Gasteiger partial charge in [-0.15, -0.1) is 0 Å². The van der Waals surface area contributed by atoms with Crippen molar-refractivity contribution in [3.05, 3.63) is 12.2 Å². The van der Waals surface area contributed by atoms with Gasteiger partial charge in [-0.1, -0.05) is 251 Å². The van der Waals surface area contributed by atoms with Gasteiger partial charge in [0, 0.05) is 6.42 Å².